The first-order valence-corrected chi connectivity index (χ1v) is 5.25. The number of nitrogens with two attached hydrogens (primary N) is 1. The quantitative estimate of drug-likeness (QED) is 0.624. The average molecular weight is 252 g/mol. The van der Waals surface area contributed by atoms with E-state index >= 15 is 0 Å². The number of amides is 1. The lowest BCUT2D eigenvalue weighted by Crippen LogP contribution is -2.33. The average Bonchev–Trinajstić information content (AvgIpc) is 2.38. The van der Waals surface area contributed by atoms with E-state index in [2.05, 4.69) is 4.74 Å². The van der Waals surface area contributed by atoms with E-state index in [-0.39, 0.29) is 12.5 Å². The van der Waals surface area contributed by atoms with Crippen molar-refractivity contribution in [3.63, 3.8) is 0 Å². The number of anilines is 1. The Bertz CT molecular complexity index is 459. The maximum absolute atomic E-state index is 12.1. The molecule has 0 radical (unpaired) electrons. The number of likely N-dealkylation sites (N-methyl/N-ethyl adjacent to an activating group) is 1. The highest BCUT2D eigenvalue weighted by atomic mass is 16.5. The van der Waals surface area contributed by atoms with Gasteiger partial charge in [0.05, 0.1) is 19.8 Å². The minimum absolute atomic E-state index is 0.133. The van der Waals surface area contributed by atoms with E-state index in [1.54, 1.807) is 12.1 Å². The van der Waals surface area contributed by atoms with E-state index in [1.807, 2.05) is 0 Å². The zero-order chi connectivity index (χ0) is 13.7. The standard InChI is InChI=1S/C12H16N2O4/c1-14(7-11(15)18-3)12(16)9-6-8(17-2)4-5-10(9)13/h4-6H,7,13H2,1-3H3. The van der Waals surface area contributed by atoms with Crippen LogP contribution in [0.3, 0.4) is 0 Å². The number of esters is 1. The molecule has 0 spiro atoms. The van der Waals surface area contributed by atoms with Crippen LogP contribution in [-0.4, -0.2) is 44.6 Å². The summed E-state index contributed by atoms with van der Waals surface area (Å²) in [6.45, 7) is -0.133. The number of hydrogen-bond donors (Lipinski definition) is 1. The molecule has 98 valence electrons. The van der Waals surface area contributed by atoms with Gasteiger partial charge in [-0.15, -0.1) is 0 Å². The maximum atomic E-state index is 12.1. The summed E-state index contributed by atoms with van der Waals surface area (Å²) in [6, 6.07) is 4.77. The summed E-state index contributed by atoms with van der Waals surface area (Å²) >= 11 is 0. The first kappa shape index (κ1) is 13.8. The van der Waals surface area contributed by atoms with Gasteiger partial charge < -0.3 is 20.1 Å². The zero-order valence-corrected chi connectivity index (χ0v) is 10.6. The van der Waals surface area contributed by atoms with Crippen LogP contribution in [0.25, 0.3) is 0 Å². The third kappa shape index (κ3) is 3.13. The minimum atomic E-state index is -0.493. The van der Waals surface area contributed by atoms with Gasteiger partial charge in [0.1, 0.15) is 12.3 Å². The van der Waals surface area contributed by atoms with Crippen molar-refractivity contribution in [3.05, 3.63) is 23.8 Å². The third-order valence-electron chi connectivity index (χ3n) is 2.43. The molecule has 0 aliphatic carbocycles. The monoisotopic (exact) mass is 252 g/mol. The molecule has 1 aromatic carbocycles. The van der Waals surface area contributed by atoms with Gasteiger partial charge in [-0.2, -0.15) is 0 Å². The van der Waals surface area contributed by atoms with Gasteiger partial charge in [-0.3, -0.25) is 9.59 Å². The molecule has 0 aliphatic heterocycles. The van der Waals surface area contributed by atoms with Crippen molar-refractivity contribution in [1.29, 1.82) is 0 Å². The molecule has 1 rings (SSSR count). The lowest BCUT2D eigenvalue weighted by Gasteiger charge is -2.17. The molecule has 0 saturated heterocycles. The first-order chi connectivity index (χ1) is 8.49. The van der Waals surface area contributed by atoms with Crippen LogP contribution in [0.1, 0.15) is 10.4 Å². The normalized spacial score (nSPS) is 9.72. The summed E-state index contributed by atoms with van der Waals surface area (Å²) < 4.78 is 9.52. The highest BCUT2D eigenvalue weighted by Crippen LogP contribution is 2.20. The minimum Gasteiger partial charge on any atom is -0.497 e. The number of nitrogen functional groups attached to an aromatic ring is 1. The highest BCUT2D eigenvalue weighted by Gasteiger charge is 2.18. The van der Waals surface area contributed by atoms with Gasteiger partial charge in [-0.05, 0) is 18.2 Å². The molecular formula is C12H16N2O4. The predicted octanol–water partition coefficient (Wildman–Crippen LogP) is 0.522. The van der Waals surface area contributed by atoms with E-state index < -0.39 is 5.97 Å². The van der Waals surface area contributed by atoms with Crippen molar-refractivity contribution in [2.75, 3.05) is 33.5 Å². The molecule has 18 heavy (non-hydrogen) atoms. The van der Waals surface area contributed by atoms with E-state index in [0.717, 1.165) is 0 Å². The van der Waals surface area contributed by atoms with E-state index in [1.165, 1.54) is 32.2 Å². The number of carbonyl (C=O) groups excluding carboxylic acids is 2. The van der Waals surface area contributed by atoms with E-state index in [0.29, 0.717) is 17.0 Å². The number of rotatable bonds is 4. The van der Waals surface area contributed by atoms with Crippen molar-refractivity contribution in [2.45, 2.75) is 0 Å². The molecule has 0 bridgehead atoms. The van der Waals surface area contributed by atoms with Gasteiger partial charge >= 0.3 is 5.97 Å². The molecule has 0 unspecified atom stereocenters. The van der Waals surface area contributed by atoms with Crippen molar-refractivity contribution < 1.29 is 19.1 Å². The van der Waals surface area contributed by atoms with Gasteiger partial charge in [0, 0.05) is 12.7 Å². The second kappa shape index (κ2) is 5.90. The first-order valence-electron chi connectivity index (χ1n) is 5.25. The Morgan fingerprint density at radius 1 is 1.33 bits per heavy atom. The van der Waals surface area contributed by atoms with Gasteiger partial charge in [-0.1, -0.05) is 0 Å². The van der Waals surface area contributed by atoms with Gasteiger partial charge in [-0.25, -0.2) is 0 Å². The largest absolute Gasteiger partial charge is 0.497 e. The summed E-state index contributed by atoms with van der Waals surface area (Å²) in [7, 11) is 4.26. The molecule has 1 amide bonds. The van der Waals surface area contributed by atoms with Crippen molar-refractivity contribution in [2.24, 2.45) is 0 Å². The Balaban J connectivity index is 2.92. The van der Waals surface area contributed by atoms with Gasteiger partial charge in [0.15, 0.2) is 0 Å². The second-order valence-electron chi connectivity index (χ2n) is 3.69. The molecule has 6 nitrogen and oxygen atoms in total. The summed E-state index contributed by atoms with van der Waals surface area (Å²) in [5.41, 5.74) is 6.35. The Hall–Kier alpha value is -2.24. The molecule has 0 saturated carbocycles. The molecule has 1 aromatic rings. The number of ether oxygens (including phenoxy) is 2. The Morgan fingerprint density at radius 2 is 2.00 bits per heavy atom. The van der Waals surface area contributed by atoms with Crippen LogP contribution in [0.4, 0.5) is 5.69 Å². The Labute approximate surface area is 105 Å². The third-order valence-corrected chi connectivity index (χ3v) is 2.43. The topological polar surface area (TPSA) is 81.9 Å². The molecule has 0 heterocycles. The molecular weight excluding hydrogens is 236 g/mol. The summed E-state index contributed by atoms with van der Waals surface area (Å²) in [5.74, 6) is -0.330. The molecule has 0 aliphatic rings. The van der Waals surface area contributed by atoms with E-state index in [9.17, 15) is 9.59 Å². The lowest BCUT2D eigenvalue weighted by atomic mass is 10.1. The Morgan fingerprint density at radius 3 is 2.56 bits per heavy atom. The number of hydrogen-bond acceptors (Lipinski definition) is 5. The molecule has 0 fully saturated rings. The van der Waals surface area contributed by atoms with Crippen LogP contribution in [0.15, 0.2) is 18.2 Å². The van der Waals surface area contributed by atoms with Crippen LogP contribution in [0.2, 0.25) is 0 Å². The van der Waals surface area contributed by atoms with Crippen LogP contribution in [-0.2, 0) is 9.53 Å². The number of carbonyl (C=O) groups is 2. The smallest absolute Gasteiger partial charge is 0.325 e. The zero-order valence-electron chi connectivity index (χ0n) is 10.6. The summed E-state index contributed by atoms with van der Waals surface area (Å²) in [4.78, 5) is 24.4. The van der Waals surface area contributed by atoms with Gasteiger partial charge in [0.2, 0.25) is 0 Å². The molecule has 2 N–H and O–H groups in total. The summed E-state index contributed by atoms with van der Waals surface area (Å²) in [6.07, 6.45) is 0. The number of nitrogens with zero attached hydrogens (tertiary/aromatic N) is 1. The number of methoxy groups -OCH3 is 2. The fraction of sp³-hybridized carbons (Fsp3) is 0.333. The van der Waals surface area contributed by atoms with Gasteiger partial charge in [0.25, 0.3) is 5.91 Å². The van der Waals surface area contributed by atoms with Crippen LogP contribution in [0, 0.1) is 0 Å². The predicted molar refractivity (Wildman–Crippen MR) is 66.4 cm³/mol. The number of benzene rings is 1. The van der Waals surface area contributed by atoms with Crippen LogP contribution >= 0.6 is 0 Å². The molecule has 6 heteroatoms. The van der Waals surface area contributed by atoms with Crippen LogP contribution < -0.4 is 10.5 Å². The second-order valence-corrected chi connectivity index (χ2v) is 3.69. The van der Waals surface area contributed by atoms with Crippen molar-refractivity contribution in [3.8, 4) is 5.75 Å². The van der Waals surface area contributed by atoms with Crippen molar-refractivity contribution >= 4 is 17.6 Å². The van der Waals surface area contributed by atoms with E-state index in [4.69, 9.17) is 10.5 Å². The molecule has 0 aromatic heterocycles. The lowest BCUT2D eigenvalue weighted by molar-refractivity contribution is -0.141. The van der Waals surface area contributed by atoms with Crippen LogP contribution in [0.5, 0.6) is 5.75 Å². The fourth-order valence-electron chi connectivity index (χ4n) is 1.38. The summed E-state index contributed by atoms with van der Waals surface area (Å²) in [5, 5.41) is 0. The van der Waals surface area contributed by atoms with Crippen molar-refractivity contribution in [1.82, 2.24) is 4.90 Å². The maximum Gasteiger partial charge on any atom is 0.325 e. The Kier molecular flexibility index (Phi) is 4.53. The highest BCUT2D eigenvalue weighted by molar-refractivity contribution is 6.00. The SMILES string of the molecule is COC(=O)CN(C)C(=O)c1cc(OC)ccc1N. The molecule has 0 atom stereocenters. The fourth-order valence-corrected chi connectivity index (χ4v) is 1.38.